The van der Waals surface area contributed by atoms with Gasteiger partial charge < -0.3 is 9.42 Å². The summed E-state index contributed by atoms with van der Waals surface area (Å²) < 4.78 is 14.7. The van der Waals surface area contributed by atoms with Gasteiger partial charge in [-0.3, -0.25) is 0 Å². The number of carbonyl (C=O) groups excluding carboxylic acids is 1. The van der Waals surface area contributed by atoms with Gasteiger partial charge in [-0.25, -0.2) is 9.36 Å². The Hall–Kier alpha value is -1.12. The van der Waals surface area contributed by atoms with Crippen LogP contribution in [0.4, 0.5) is 0 Å². The normalized spacial score (nSPS) is 12.3. The van der Waals surface area contributed by atoms with Gasteiger partial charge in [0, 0.05) is 0 Å². The van der Waals surface area contributed by atoms with E-state index >= 15 is 0 Å². The summed E-state index contributed by atoms with van der Waals surface area (Å²) in [6.45, 7) is 5.61. The van der Waals surface area contributed by atoms with Gasteiger partial charge in [-0.2, -0.15) is 0 Å². The van der Waals surface area contributed by atoms with Gasteiger partial charge in [0.1, 0.15) is 0 Å². The molecule has 0 saturated heterocycles. The molecule has 1 unspecified atom stereocenters. The molecule has 0 radical (unpaired) electrons. The standard InChI is InChI=1S/C10H13O4P/c1-6-4-5-9(8(3)7(6)2)10(11)14-15(12)13/h4-5,15H,1-3H3,(H,12,13). The summed E-state index contributed by atoms with van der Waals surface area (Å²) in [5, 5.41) is 0. The highest BCUT2D eigenvalue weighted by atomic mass is 31.1. The summed E-state index contributed by atoms with van der Waals surface area (Å²) in [7, 11) is -3.22. The monoisotopic (exact) mass is 228 g/mol. The summed E-state index contributed by atoms with van der Waals surface area (Å²) in [5.41, 5.74) is 3.18. The average Bonchev–Trinajstić information content (AvgIpc) is 2.13. The lowest BCUT2D eigenvalue weighted by atomic mass is 9.99. The second kappa shape index (κ2) is 4.60. The average molecular weight is 228 g/mol. The maximum atomic E-state index is 11.4. The van der Waals surface area contributed by atoms with Crippen LogP contribution in [0.25, 0.3) is 0 Å². The Labute approximate surface area is 88.8 Å². The smallest absolute Gasteiger partial charge is 0.367 e. The number of hydrogen-bond donors (Lipinski definition) is 1. The molecule has 15 heavy (non-hydrogen) atoms. The largest absolute Gasteiger partial charge is 0.390 e. The van der Waals surface area contributed by atoms with Crippen molar-refractivity contribution in [1.29, 1.82) is 0 Å². The van der Waals surface area contributed by atoms with Crippen molar-refractivity contribution in [3.63, 3.8) is 0 Å². The van der Waals surface area contributed by atoms with E-state index in [-0.39, 0.29) is 0 Å². The van der Waals surface area contributed by atoms with E-state index in [4.69, 9.17) is 4.89 Å². The van der Waals surface area contributed by atoms with Crippen LogP contribution in [0.1, 0.15) is 27.0 Å². The van der Waals surface area contributed by atoms with Gasteiger partial charge in [-0.05, 0) is 43.5 Å². The van der Waals surface area contributed by atoms with E-state index in [9.17, 15) is 9.36 Å². The predicted octanol–water partition coefficient (Wildman–Crippen LogP) is 2.15. The van der Waals surface area contributed by atoms with Crippen LogP contribution in [0.3, 0.4) is 0 Å². The van der Waals surface area contributed by atoms with Crippen molar-refractivity contribution >= 4 is 14.2 Å². The van der Waals surface area contributed by atoms with Gasteiger partial charge >= 0.3 is 14.2 Å². The highest BCUT2D eigenvalue weighted by Crippen LogP contribution is 2.22. The van der Waals surface area contributed by atoms with E-state index in [0.29, 0.717) is 5.56 Å². The third-order valence-corrected chi connectivity index (χ3v) is 2.82. The fraction of sp³-hybridized carbons (Fsp3) is 0.300. The van der Waals surface area contributed by atoms with Crippen LogP contribution in [-0.2, 0) is 9.09 Å². The number of carbonyl (C=O) groups is 1. The molecule has 0 aliphatic carbocycles. The van der Waals surface area contributed by atoms with Crippen LogP contribution >= 0.6 is 8.25 Å². The number of rotatable bonds is 2. The molecule has 0 bridgehead atoms. The SMILES string of the molecule is Cc1ccc(C(=O)O[PH](=O)O)c(C)c1C. The lowest BCUT2D eigenvalue weighted by Crippen LogP contribution is -2.04. The molecule has 0 spiro atoms. The first-order valence-corrected chi connectivity index (χ1v) is 5.71. The van der Waals surface area contributed by atoms with Crippen LogP contribution < -0.4 is 0 Å². The minimum absolute atomic E-state index is 0.338. The van der Waals surface area contributed by atoms with Gasteiger partial charge in [-0.1, -0.05) is 6.07 Å². The van der Waals surface area contributed by atoms with Gasteiger partial charge in [0.25, 0.3) is 0 Å². The van der Waals surface area contributed by atoms with Crippen molar-refractivity contribution < 1.29 is 18.8 Å². The molecule has 1 atom stereocenters. The molecule has 0 fully saturated rings. The number of benzene rings is 1. The third kappa shape index (κ3) is 2.67. The van der Waals surface area contributed by atoms with Crippen LogP contribution in [0.5, 0.6) is 0 Å². The van der Waals surface area contributed by atoms with Crippen molar-refractivity contribution in [2.45, 2.75) is 20.8 Å². The summed E-state index contributed by atoms with van der Waals surface area (Å²) in [5.74, 6) is -0.748. The van der Waals surface area contributed by atoms with Crippen molar-refractivity contribution in [2.75, 3.05) is 0 Å². The highest BCUT2D eigenvalue weighted by Gasteiger charge is 2.14. The minimum Gasteiger partial charge on any atom is -0.390 e. The Balaban J connectivity index is 3.11. The molecular formula is C10H13O4P. The number of hydrogen-bond acceptors (Lipinski definition) is 3. The molecule has 1 rings (SSSR count). The maximum Gasteiger partial charge on any atom is 0.367 e. The maximum absolute atomic E-state index is 11.4. The van der Waals surface area contributed by atoms with Crippen LogP contribution in [0, 0.1) is 20.8 Å². The topological polar surface area (TPSA) is 63.6 Å². The van der Waals surface area contributed by atoms with Crippen molar-refractivity contribution in [3.05, 3.63) is 34.4 Å². The lowest BCUT2D eigenvalue weighted by molar-refractivity contribution is 0.0730. The van der Waals surface area contributed by atoms with Gasteiger partial charge in [0.15, 0.2) is 0 Å². The van der Waals surface area contributed by atoms with Crippen molar-refractivity contribution in [3.8, 4) is 0 Å². The quantitative estimate of drug-likeness (QED) is 0.787. The molecule has 5 heteroatoms. The molecule has 1 aromatic rings. The van der Waals surface area contributed by atoms with E-state index in [1.54, 1.807) is 19.1 Å². The summed E-state index contributed by atoms with van der Waals surface area (Å²) in [6, 6.07) is 3.39. The first-order chi connectivity index (χ1) is 6.93. The molecule has 1 N–H and O–H groups in total. The van der Waals surface area contributed by atoms with Gasteiger partial charge in [0.2, 0.25) is 0 Å². The van der Waals surface area contributed by atoms with E-state index in [0.717, 1.165) is 16.7 Å². The fourth-order valence-corrected chi connectivity index (χ4v) is 1.58. The van der Waals surface area contributed by atoms with Gasteiger partial charge in [-0.15, -0.1) is 0 Å². The first kappa shape index (κ1) is 12.0. The zero-order chi connectivity index (χ0) is 11.6. The fourth-order valence-electron chi connectivity index (χ4n) is 1.31. The van der Waals surface area contributed by atoms with E-state index in [2.05, 4.69) is 4.52 Å². The highest BCUT2D eigenvalue weighted by molar-refractivity contribution is 7.32. The summed E-state index contributed by atoms with van der Waals surface area (Å²) in [4.78, 5) is 19.9. The molecule has 0 amide bonds. The second-order valence-corrected chi connectivity index (χ2v) is 4.07. The van der Waals surface area contributed by atoms with Crippen LogP contribution in [0.15, 0.2) is 12.1 Å². The zero-order valence-corrected chi connectivity index (χ0v) is 9.83. The second-order valence-electron chi connectivity index (χ2n) is 3.34. The Morgan fingerprint density at radius 1 is 1.27 bits per heavy atom. The van der Waals surface area contributed by atoms with Crippen molar-refractivity contribution in [2.24, 2.45) is 0 Å². The Morgan fingerprint density at radius 2 is 1.87 bits per heavy atom. The molecule has 82 valence electrons. The molecule has 0 aliphatic heterocycles. The molecule has 0 aliphatic rings. The zero-order valence-electron chi connectivity index (χ0n) is 8.83. The third-order valence-electron chi connectivity index (χ3n) is 2.46. The van der Waals surface area contributed by atoms with E-state index in [1.165, 1.54) is 0 Å². The van der Waals surface area contributed by atoms with E-state index < -0.39 is 14.2 Å². The molecule has 0 aromatic heterocycles. The van der Waals surface area contributed by atoms with Crippen molar-refractivity contribution in [1.82, 2.24) is 0 Å². The predicted molar refractivity (Wildman–Crippen MR) is 57.3 cm³/mol. The van der Waals surface area contributed by atoms with Gasteiger partial charge in [0.05, 0.1) is 5.56 Å². The first-order valence-electron chi connectivity index (χ1n) is 4.45. The summed E-state index contributed by atoms with van der Waals surface area (Å²) in [6.07, 6.45) is 0. The molecular weight excluding hydrogens is 215 g/mol. The molecule has 0 saturated carbocycles. The molecule has 0 heterocycles. The Morgan fingerprint density at radius 3 is 2.40 bits per heavy atom. The van der Waals surface area contributed by atoms with Crippen LogP contribution in [0.2, 0.25) is 0 Å². The molecule has 4 nitrogen and oxygen atoms in total. The minimum atomic E-state index is -3.22. The number of aryl methyl sites for hydroxylation is 1. The molecule has 1 aromatic carbocycles. The van der Waals surface area contributed by atoms with Crippen LogP contribution in [-0.4, -0.2) is 10.9 Å². The van der Waals surface area contributed by atoms with E-state index in [1.807, 2.05) is 13.8 Å². The Kier molecular flexibility index (Phi) is 3.66. The summed E-state index contributed by atoms with van der Waals surface area (Å²) >= 11 is 0. The Bertz CT molecular complexity index is 426. The lowest BCUT2D eigenvalue weighted by Gasteiger charge is -2.09.